The lowest BCUT2D eigenvalue weighted by atomic mass is 10.3. The summed E-state index contributed by atoms with van der Waals surface area (Å²) in [5.74, 6) is -0.343. The summed E-state index contributed by atoms with van der Waals surface area (Å²) < 4.78 is 32.6. The van der Waals surface area contributed by atoms with Gasteiger partial charge in [0.1, 0.15) is 10.7 Å². The van der Waals surface area contributed by atoms with E-state index in [1.807, 2.05) is 6.92 Å². The maximum Gasteiger partial charge on any atom is 0.289 e. The lowest BCUT2D eigenvalue weighted by Crippen LogP contribution is -2.33. The van der Waals surface area contributed by atoms with Crippen molar-refractivity contribution in [2.24, 2.45) is 0 Å². The number of aryl methyl sites for hydroxylation is 1. The summed E-state index contributed by atoms with van der Waals surface area (Å²) in [5.41, 5.74) is 0. The average molecular weight is 310 g/mol. The quantitative estimate of drug-likeness (QED) is 0.746. The minimum atomic E-state index is -3.91. The summed E-state index contributed by atoms with van der Waals surface area (Å²) >= 11 is 0. The molecule has 0 aromatic carbocycles. The molecule has 0 bridgehead atoms. The first kappa shape index (κ1) is 16.0. The van der Waals surface area contributed by atoms with Crippen LogP contribution in [-0.4, -0.2) is 46.0 Å². The second-order valence-corrected chi connectivity index (χ2v) is 6.38. The van der Waals surface area contributed by atoms with Crippen LogP contribution in [0.15, 0.2) is 15.4 Å². The monoisotopic (exact) mass is 309 g/mol. The predicted octanol–water partition coefficient (Wildman–Crippen LogP) is 1.62. The molecule has 0 saturated carbocycles. The standard InChI is InChI=1S/C11H16ClNO5S/c1-4-13(5-6-17-3)11(14)9-7-10(8(2)18-9)19(12,15)16/h7H,4-6H2,1-3H3. The minimum absolute atomic E-state index is 0.0466. The molecule has 0 fully saturated rings. The number of rotatable bonds is 6. The Kier molecular flexibility index (Phi) is 5.39. The molecule has 0 aliphatic heterocycles. The summed E-state index contributed by atoms with van der Waals surface area (Å²) in [7, 11) is 2.87. The van der Waals surface area contributed by atoms with Crippen molar-refractivity contribution in [2.75, 3.05) is 26.8 Å². The summed E-state index contributed by atoms with van der Waals surface area (Å²) in [4.78, 5) is 13.4. The Labute approximate surface area is 116 Å². The second kappa shape index (κ2) is 6.40. The Morgan fingerprint density at radius 3 is 2.58 bits per heavy atom. The van der Waals surface area contributed by atoms with Gasteiger partial charge in [0, 0.05) is 36.9 Å². The van der Waals surface area contributed by atoms with Crippen LogP contribution in [0.1, 0.15) is 23.2 Å². The van der Waals surface area contributed by atoms with Crippen molar-refractivity contribution in [3.63, 3.8) is 0 Å². The molecule has 108 valence electrons. The molecule has 0 aliphatic rings. The van der Waals surface area contributed by atoms with Crippen molar-refractivity contribution in [1.29, 1.82) is 0 Å². The molecule has 0 atom stereocenters. The summed E-state index contributed by atoms with van der Waals surface area (Å²) in [5, 5.41) is 0. The maximum absolute atomic E-state index is 12.1. The molecule has 1 aromatic heterocycles. The lowest BCUT2D eigenvalue weighted by Gasteiger charge is -2.18. The van der Waals surface area contributed by atoms with Gasteiger partial charge >= 0.3 is 0 Å². The van der Waals surface area contributed by atoms with Crippen molar-refractivity contribution < 1.29 is 22.4 Å². The number of amides is 1. The first-order chi connectivity index (χ1) is 8.81. The van der Waals surface area contributed by atoms with Crippen LogP contribution in [-0.2, 0) is 13.8 Å². The highest BCUT2D eigenvalue weighted by Crippen LogP contribution is 2.24. The fourth-order valence-corrected chi connectivity index (χ4v) is 2.67. The third-order valence-corrected chi connectivity index (χ3v) is 4.01. The summed E-state index contributed by atoms with van der Waals surface area (Å²) in [6, 6.07) is 1.15. The van der Waals surface area contributed by atoms with Gasteiger partial charge in [-0.1, -0.05) is 0 Å². The largest absolute Gasteiger partial charge is 0.455 e. The van der Waals surface area contributed by atoms with Crippen LogP contribution in [0.3, 0.4) is 0 Å². The Balaban J connectivity index is 3.00. The van der Waals surface area contributed by atoms with Crippen LogP contribution in [0.5, 0.6) is 0 Å². The first-order valence-electron chi connectivity index (χ1n) is 5.64. The third kappa shape index (κ3) is 3.95. The highest BCUT2D eigenvalue weighted by Gasteiger charge is 2.24. The number of hydrogen-bond acceptors (Lipinski definition) is 5. The van der Waals surface area contributed by atoms with Gasteiger partial charge in [-0.25, -0.2) is 8.42 Å². The van der Waals surface area contributed by atoms with Crippen LogP contribution < -0.4 is 0 Å². The smallest absolute Gasteiger partial charge is 0.289 e. The zero-order chi connectivity index (χ0) is 14.6. The number of methoxy groups -OCH3 is 1. The van der Waals surface area contributed by atoms with Gasteiger partial charge in [0.15, 0.2) is 5.76 Å². The Morgan fingerprint density at radius 2 is 2.16 bits per heavy atom. The van der Waals surface area contributed by atoms with E-state index in [4.69, 9.17) is 19.8 Å². The van der Waals surface area contributed by atoms with E-state index in [9.17, 15) is 13.2 Å². The van der Waals surface area contributed by atoms with Gasteiger partial charge in [-0.15, -0.1) is 0 Å². The molecule has 0 spiro atoms. The number of carbonyl (C=O) groups is 1. The van der Waals surface area contributed by atoms with E-state index < -0.39 is 15.0 Å². The SMILES string of the molecule is CCN(CCOC)C(=O)c1cc(S(=O)(=O)Cl)c(C)o1. The van der Waals surface area contributed by atoms with Crippen molar-refractivity contribution in [2.45, 2.75) is 18.7 Å². The van der Waals surface area contributed by atoms with Crippen molar-refractivity contribution in [3.05, 3.63) is 17.6 Å². The zero-order valence-corrected chi connectivity index (χ0v) is 12.5. The van der Waals surface area contributed by atoms with Crippen molar-refractivity contribution in [3.8, 4) is 0 Å². The number of carbonyl (C=O) groups excluding carboxylic acids is 1. The van der Waals surface area contributed by atoms with Gasteiger partial charge in [-0.2, -0.15) is 0 Å². The zero-order valence-electron chi connectivity index (χ0n) is 11.0. The second-order valence-electron chi connectivity index (χ2n) is 3.85. The number of hydrogen-bond donors (Lipinski definition) is 0. The number of nitrogens with zero attached hydrogens (tertiary/aromatic N) is 1. The van der Waals surface area contributed by atoms with E-state index in [0.717, 1.165) is 6.07 Å². The minimum Gasteiger partial charge on any atom is -0.455 e. The van der Waals surface area contributed by atoms with Gasteiger partial charge in [-0.05, 0) is 13.8 Å². The maximum atomic E-state index is 12.1. The van der Waals surface area contributed by atoms with Crippen LogP contribution in [0.25, 0.3) is 0 Å². The van der Waals surface area contributed by atoms with Crippen LogP contribution in [0.4, 0.5) is 0 Å². The molecular weight excluding hydrogens is 294 g/mol. The molecule has 1 amide bonds. The topological polar surface area (TPSA) is 76.8 Å². The van der Waals surface area contributed by atoms with Crippen LogP contribution in [0.2, 0.25) is 0 Å². The highest BCUT2D eigenvalue weighted by atomic mass is 35.7. The van der Waals surface area contributed by atoms with E-state index in [0.29, 0.717) is 19.7 Å². The Morgan fingerprint density at radius 1 is 1.53 bits per heavy atom. The average Bonchev–Trinajstić information content (AvgIpc) is 2.72. The van der Waals surface area contributed by atoms with Gasteiger partial charge in [0.2, 0.25) is 0 Å². The molecule has 8 heteroatoms. The number of halogens is 1. The van der Waals surface area contributed by atoms with E-state index in [2.05, 4.69) is 0 Å². The van der Waals surface area contributed by atoms with Gasteiger partial charge in [0.05, 0.1) is 6.61 Å². The molecule has 0 unspecified atom stereocenters. The molecule has 0 radical (unpaired) electrons. The summed E-state index contributed by atoms with van der Waals surface area (Å²) in [6.45, 7) is 4.50. The lowest BCUT2D eigenvalue weighted by molar-refractivity contribution is 0.0674. The Bertz CT molecular complexity index is 551. The van der Waals surface area contributed by atoms with Gasteiger partial charge in [-0.3, -0.25) is 4.79 Å². The van der Waals surface area contributed by atoms with E-state index in [-0.39, 0.29) is 16.4 Å². The Hall–Kier alpha value is -1.05. The van der Waals surface area contributed by atoms with Crippen LogP contribution in [0, 0.1) is 6.92 Å². The van der Waals surface area contributed by atoms with Crippen LogP contribution >= 0.6 is 10.7 Å². The fraction of sp³-hybridized carbons (Fsp3) is 0.545. The molecule has 0 aliphatic carbocycles. The van der Waals surface area contributed by atoms with Crippen molar-refractivity contribution in [1.82, 2.24) is 4.90 Å². The van der Waals surface area contributed by atoms with Gasteiger partial charge < -0.3 is 14.1 Å². The normalized spacial score (nSPS) is 11.6. The number of furan rings is 1. The van der Waals surface area contributed by atoms with E-state index >= 15 is 0 Å². The summed E-state index contributed by atoms with van der Waals surface area (Å²) in [6.07, 6.45) is 0. The molecule has 1 heterocycles. The predicted molar refractivity (Wildman–Crippen MR) is 69.9 cm³/mol. The molecule has 1 rings (SSSR count). The molecular formula is C11H16ClNO5S. The highest BCUT2D eigenvalue weighted by molar-refractivity contribution is 8.13. The molecule has 1 aromatic rings. The number of ether oxygens (including phenoxy) is 1. The van der Waals surface area contributed by atoms with Crippen molar-refractivity contribution >= 4 is 25.6 Å². The fourth-order valence-electron chi connectivity index (χ4n) is 1.57. The first-order valence-corrected chi connectivity index (χ1v) is 7.95. The molecule has 0 saturated heterocycles. The molecule has 0 N–H and O–H groups in total. The molecule has 19 heavy (non-hydrogen) atoms. The van der Waals surface area contributed by atoms with Gasteiger partial charge in [0.25, 0.3) is 15.0 Å². The third-order valence-electron chi connectivity index (χ3n) is 2.58. The van der Waals surface area contributed by atoms with E-state index in [1.54, 1.807) is 0 Å². The molecule has 6 nitrogen and oxygen atoms in total. The van der Waals surface area contributed by atoms with E-state index in [1.165, 1.54) is 18.9 Å². The number of likely N-dealkylation sites (N-methyl/N-ethyl adjacent to an activating group) is 1.